The maximum atomic E-state index is 13.7. The second-order valence-electron chi connectivity index (χ2n) is 7.76. The number of hydrogen-bond donors (Lipinski definition) is 0. The Morgan fingerprint density at radius 1 is 0.857 bits per heavy atom. The second kappa shape index (κ2) is 9.30. The fraction of sp³-hybridized carbons (Fsp3) is 0.160. The molecule has 0 spiro atoms. The van der Waals surface area contributed by atoms with Gasteiger partial charge in [0, 0.05) is 35.7 Å². The lowest BCUT2D eigenvalue weighted by molar-refractivity contribution is -0.139. The highest BCUT2D eigenvalue weighted by atomic mass is 35.5. The molecule has 2 aromatic heterocycles. The van der Waals surface area contributed by atoms with E-state index in [0.29, 0.717) is 15.9 Å². The molecule has 0 aliphatic rings. The van der Waals surface area contributed by atoms with Crippen molar-refractivity contribution in [3.05, 3.63) is 106 Å². The normalized spacial score (nSPS) is 13.1. The first-order chi connectivity index (χ1) is 16.4. The summed E-state index contributed by atoms with van der Waals surface area (Å²) < 4.78 is 80.2. The van der Waals surface area contributed by atoms with E-state index in [4.69, 9.17) is 11.6 Å². The third-order valence-corrected chi connectivity index (χ3v) is 5.84. The Hall–Kier alpha value is -3.46. The number of halogens is 7. The molecule has 0 fully saturated rings. The van der Waals surface area contributed by atoms with Gasteiger partial charge < -0.3 is 0 Å². The molecule has 2 aromatic carbocycles. The summed E-state index contributed by atoms with van der Waals surface area (Å²) in [6, 6.07) is 11.7. The molecule has 0 saturated carbocycles. The first kappa shape index (κ1) is 24.7. The van der Waals surface area contributed by atoms with Crippen molar-refractivity contribution in [1.82, 2.24) is 9.97 Å². The van der Waals surface area contributed by atoms with Gasteiger partial charge in [0.2, 0.25) is 0 Å². The number of Topliss-reactive ketones (excluding diaryl/α,β-unsaturated/α-hetero) is 1. The van der Waals surface area contributed by atoms with Crippen LogP contribution in [0.1, 0.15) is 45.1 Å². The minimum absolute atomic E-state index is 0.0949. The molecule has 10 heteroatoms. The number of hydrogen-bond acceptors (Lipinski definition) is 3. The number of aromatic nitrogens is 2. The lowest BCUT2D eigenvalue weighted by atomic mass is 9.86. The third kappa shape index (κ3) is 5.30. The van der Waals surface area contributed by atoms with E-state index in [1.807, 2.05) is 0 Å². The standard InChI is InChI=1S/C25H15ClF6N2O/c26-20-9-11-33-21-12-15(5-8-17(20)21)22(35)13-18(14-3-6-16(7-4-14)24(27,28)29)23-19(25(30,31)32)2-1-10-34-23/h1-12,18H,13H2/t18-/m0/s1. The van der Waals surface area contributed by atoms with Crippen molar-refractivity contribution >= 4 is 28.3 Å². The van der Waals surface area contributed by atoms with Crippen LogP contribution in [-0.2, 0) is 12.4 Å². The van der Waals surface area contributed by atoms with E-state index >= 15 is 0 Å². The van der Waals surface area contributed by atoms with Crippen LogP contribution in [0.5, 0.6) is 0 Å². The van der Waals surface area contributed by atoms with Gasteiger partial charge in [-0.15, -0.1) is 0 Å². The van der Waals surface area contributed by atoms with E-state index in [9.17, 15) is 31.1 Å². The summed E-state index contributed by atoms with van der Waals surface area (Å²) in [6.07, 6.45) is -7.26. The fourth-order valence-corrected chi connectivity index (χ4v) is 4.02. The van der Waals surface area contributed by atoms with Gasteiger partial charge in [0.25, 0.3) is 0 Å². The maximum Gasteiger partial charge on any atom is 0.418 e. The van der Waals surface area contributed by atoms with Crippen molar-refractivity contribution in [3.8, 4) is 0 Å². The van der Waals surface area contributed by atoms with Crippen molar-refractivity contribution in [2.45, 2.75) is 24.7 Å². The number of alkyl halides is 6. The number of ketones is 1. The van der Waals surface area contributed by atoms with Gasteiger partial charge in [0.15, 0.2) is 5.78 Å². The van der Waals surface area contributed by atoms with Gasteiger partial charge in [-0.05, 0) is 42.0 Å². The van der Waals surface area contributed by atoms with Crippen molar-refractivity contribution < 1.29 is 31.1 Å². The van der Waals surface area contributed by atoms with Gasteiger partial charge in [0.05, 0.1) is 27.4 Å². The molecule has 35 heavy (non-hydrogen) atoms. The summed E-state index contributed by atoms with van der Waals surface area (Å²) in [6.45, 7) is 0. The van der Waals surface area contributed by atoms with Crippen molar-refractivity contribution in [1.29, 1.82) is 0 Å². The topological polar surface area (TPSA) is 42.9 Å². The molecular weight excluding hydrogens is 494 g/mol. The van der Waals surface area contributed by atoms with Crippen LogP contribution in [0, 0.1) is 0 Å². The largest absolute Gasteiger partial charge is 0.418 e. The SMILES string of the molecule is O=C(C[C@@H](c1ccc(C(F)(F)F)cc1)c1ncccc1C(F)(F)F)c1ccc2c(Cl)ccnc2c1. The lowest BCUT2D eigenvalue weighted by Gasteiger charge is -2.21. The average Bonchev–Trinajstić information content (AvgIpc) is 2.81. The predicted octanol–water partition coefficient (Wildman–Crippen LogP) is 7.73. The highest BCUT2D eigenvalue weighted by Crippen LogP contribution is 2.39. The number of carbonyl (C=O) groups excluding carboxylic acids is 1. The van der Waals surface area contributed by atoms with Crippen LogP contribution in [0.3, 0.4) is 0 Å². The Labute approximate surface area is 200 Å². The van der Waals surface area contributed by atoms with Crippen LogP contribution in [0.15, 0.2) is 73.1 Å². The Kier molecular flexibility index (Phi) is 6.55. The smallest absolute Gasteiger partial charge is 0.294 e. The summed E-state index contributed by atoms with van der Waals surface area (Å²) in [5, 5.41) is 1.01. The molecule has 0 saturated heterocycles. The molecule has 0 aliphatic carbocycles. The summed E-state index contributed by atoms with van der Waals surface area (Å²) in [5.41, 5.74) is -1.78. The molecule has 4 aromatic rings. The molecule has 3 nitrogen and oxygen atoms in total. The van der Waals surface area contributed by atoms with E-state index in [1.165, 1.54) is 18.3 Å². The molecule has 0 bridgehead atoms. The number of carbonyl (C=O) groups is 1. The molecule has 180 valence electrons. The van der Waals surface area contributed by atoms with E-state index < -0.39 is 47.3 Å². The zero-order valence-corrected chi connectivity index (χ0v) is 18.4. The summed E-state index contributed by atoms with van der Waals surface area (Å²) >= 11 is 6.12. The van der Waals surface area contributed by atoms with Gasteiger partial charge in [-0.2, -0.15) is 26.3 Å². The Morgan fingerprint density at radius 3 is 2.23 bits per heavy atom. The van der Waals surface area contributed by atoms with Crippen molar-refractivity contribution in [2.75, 3.05) is 0 Å². The highest BCUT2D eigenvalue weighted by Gasteiger charge is 2.37. The predicted molar refractivity (Wildman–Crippen MR) is 118 cm³/mol. The maximum absolute atomic E-state index is 13.7. The van der Waals surface area contributed by atoms with Crippen LogP contribution in [0.4, 0.5) is 26.3 Å². The van der Waals surface area contributed by atoms with Crippen LogP contribution in [0.25, 0.3) is 10.9 Å². The number of benzene rings is 2. The molecule has 0 aliphatic heterocycles. The molecule has 0 N–H and O–H groups in total. The molecule has 0 unspecified atom stereocenters. The monoisotopic (exact) mass is 508 g/mol. The molecule has 2 heterocycles. The minimum atomic E-state index is -4.78. The number of rotatable bonds is 5. The quantitative estimate of drug-likeness (QED) is 0.205. The molecule has 4 rings (SSSR count). The van der Waals surface area contributed by atoms with E-state index in [-0.39, 0.29) is 11.1 Å². The number of pyridine rings is 2. The second-order valence-corrected chi connectivity index (χ2v) is 8.17. The first-order valence-corrected chi connectivity index (χ1v) is 10.6. The molecule has 0 radical (unpaired) electrons. The zero-order valence-electron chi connectivity index (χ0n) is 17.7. The van der Waals surface area contributed by atoms with Crippen molar-refractivity contribution in [3.63, 3.8) is 0 Å². The van der Waals surface area contributed by atoms with Crippen LogP contribution >= 0.6 is 11.6 Å². The average molecular weight is 509 g/mol. The molecular formula is C25H15ClF6N2O. The Balaban J connectivity index is 1.77. The zero-order chi connectivity index (χ0) is 25.4. The first-order valence-electron chi connectivity index (χ1n) is 10.2. The van der Waals surface area contributed by atoms with Gasteiger partial charge >= 0.3 is 12.4 Å². The van der Waals surface area contributed by atoms with Crippen LogP contribution in [-0.4, -0.2) is 15.8 Å². The van der Waals surface area contributed by atoms with E-state index in [2.05, 4.69) is 9.97 Å². The van der Waals surface area contributed by atoms with Gasteiger partial charge in [-0.25, -0.2) is 0 Å². The third-order valence-electron chi connectivity index (χ3n) is 5.52. The van der Waals surface area contributed by atoms with Gasteiger partial charge in [0.1, 0.15) is 0 Å². The lowest BCUT2D eigenvalue weighted by Crippen LogP contribution is -2.17. The summed E-state index contributed by atoms with van der Waals surface area (Å²) in [7, 11) is 0. The highest BCUT2D eigenvalue weighted by molar-refractivity contribution is 6.35. The van der Waals surface area contributed by atoms with Crippen LogP contribution in [0.2, 0.25) is 5.02 Å². The molecule has 0 amide bonds. The summed E-state index contributed by atoms with van der Waals surface area (Å²) in [4.78, 5) is 21.2. The summed E-state index contributed by atoms with van der Waals surface area (Å²) in [5.74, 6) is -1.78. The van der Waals surface area contributed by atoms with E-state index in [0.717, 1.165) is 42.6 Å². The molecule has 1 atom stereocenters. The number of nitrogens with zero attached hydrogens (tertiary/aromatic N) is 2. The van der Waals surface area contributed by atoms with Gasteiger partial charge in [-0.3, -0.25) is 14.8 Å². The van der Waals surface area contributed by atoms with Crippen LogP contribution < -0.4 is 0 Å². The van der Waals surface area contributed by atoms with Gasteiger partial charge in [-0.1, -0.05) is 35.9 Å². The van der Waals surface area contributed by atoms with Crippen molar-refractivity contribution in [2.24, 2.45) is 0 Å². The number of fused-ring (bicyclic) bond motifs is 1. The Morgan fingerprint density at radius 2 is 1.57 bits per heavy atom. The fourth-order valence-electron chi connectivity index (χ4n) is 3.80. The van der Waals surface area contributed by atoms with E-state index in [1.54, 1.807) is 12.1 Å². The minimum Gasteiger partial charge on any atom is -0.294 e. The Bertz CT molecular complexity index is 1380.